The average molecular weight is 218 g/mol. The van der Waals surface area contributed by atoms with Crippen LogP contribution >= 0.6 is 11.3 Å². The molecule has 4 nitrogen and oxygen atoms in total. The van der Waals surface area contributed by atoms with E-state index in [0.717, 1.165) is 21.8 Å². The zero-order valence-electron chi connectivity index (χ0n) is 7.80. The number of carbonyl (C=O) groups is 1. The van der Waals surface area contributed by atoms with Crippen molar-refractivity contribution in [2.45, 2.75) is 12.3 Å². The Morgan fingerprint density at radius 3 is 3.20 bits per heavy atom. The van der Waals surface area contributed by atoms with Gasteiger partial charge < -0.3 is 5.73 Å². The Balaban J connectivity index is 1.97. The lowest BCUT2D eigenvalue weighted by Gasteiger charge is -1.88. The highest BCUT2D eigenvalue weighted by Gasteiger charge is 2.44. The van der Waals surface area contributed by atoms with Gasteiger partial charge in [-0.2, -0.15) is 0 Å². The molecule has 0 bridgehead atoms. The second-order valence-electron chi connectivity index (χ2n) is 3.67. The summed E-state index contributed by atoms with van der Waals surface area (Å²) >= 11 is 1.53. The molecule has 5 heteroatoms. The van der Waals surface area contributed by atoms with Crippen LogP contribution in [0.5, 0.6) is 0 Å². The van der Waals surface area contributed by atoms with Crippen molar-refractivity contribution in [3.8, 4) is 0 Å². The fourth-order valence-corrected chi connectivity index (χ4v) is 2.75. The van der Waals surface area contributed by atoms with Crippen LogP contribution in [0, 0.1) is 12.1 Å². The molecular formula is C10H8N3OS. The van der Waals surface area contributed by atoms with Crippen molar-refractivity contribution >= 4 is 27.6 Å². The highest BCUT2D eigenvalue weighted by Crippen LogP contribution is 2.48. The Morgan fingerprint density at radius 2 is 2.53 bits per heavy atom. The second-order valence-corrected chi connectivity index (χ2v) is 4.68. The van der Waals surface area contributed by atoms with Crippen LogP contribution in [0.4, 0.5) is 0 Å². The third kappa shape index (κ3) is 1.39. The number of rotatable bonds is 2. The molecule has 2 atom stereocenters. The molecule has 2 heterocycles. The number of pyridine rings is 1. The van der Waals surface area contributed by atoms with E-state index in [1.54, 1.807) is 6.07 Å². The van der Waals surface area contributed by atoms with Crippen molar-refractivity contribution in [3.63, 3.8) is 0 Å². The zero-order valence-corrected chi connectivity index (χ0v) is 8.62. The fourth-order valence-electron chi connectivity index (χ4n) is 1.68. The average Bonchev–Trinajstić information content (AvgIpc) is 2.91. The maximum Gasteiger partial charge on any atom is 0.221 e. The molecule has 3 rings (SSSR count). The van der Waals surface area contributed by atoms with Gasteiger partial charge >= 0.3 is 0 Å². The number of hydrogen-bond acceptors (Lipinski definition) is 4. The van der Waals surface area contributed by atoms with Crippen LogP contribution in [0.3, 0.4) is 0 Å². The number of carbonyl (C=O) groups excluding carboxylic acids is 1. The number of hydrogen-bond donors (Lipinski definition) is 1. The Hall–Kier alpha value is -1.49. The Bertz CT molecular complexity index is 503. The molecule has 0 saturated heterocycles. The standard InChI is InChI=1S/C10H8N3OS/c11-8(14)5-4-6(5)9-13-7-2-1-3-12-10(7)15-9/h1-2,5-6H,4H2,(H2,11,14). The maximum absolute atomic E-state index is 10.9. The van der Waals surface area contributed by atoms with Gasteiger partial charge in [0.15, 0.2) is 0 Å². The molecule has 15 heavy (non-hydrogen) atoms. The number of nitrogens with two attached hydrogens (primary N) is 1. The lowest BCUT2D eigenvalue weighted by atomic mass is 10.3. The topological polar surface area (TPSA) is 68.9 Å². The van der Waals surface area contributed by atoms with E-state index in [2.05, 4.69) is 16.2 Å². The third-order valence-electron chi connectivity index (χ3n) is 2.61. The van der Waals surface area contributed by atoms with E-state index in [-0.39, 0.29) is 17.7 Å². The number of primary amides is 1. The SMILES string of the molecule is NC(=O)C1CC1c1nc2cc[c]nc2s1. The summed E-state index contributed by atoms with van der Waals surface area (Å²) in [6.45, 7) is 0. The van der Waals surface area contributed by atoms with Crippen LogP contribution in [0.15, 0.2) is 12.1 Å². The van der Waals surface area contributed by atoms with Gasteiger partial charge in [0.25, 0.3) is 0 Å². The van der Waals surface area contributed by atoms with Gasteiger partial charge in [-0.3, -0.25) is 4.79 Å². The van der Waals surface area contributed by atoms with Crippen LogP contribution in [-0.2, 0) is 4.79 Å². The minimum atomic E-state index is -0.223. The summed E-state index contributed by atoms with van der Waals surface area (Å²) in [6.07, 6.45) is 3.60. The molecule has 2 unspecified atom stereocenters. The van der Waals surface area contributed by atoms with Crippen LogP contribution in [-0.4, -0.2) is 15.9 Å². The lowest BCUT2D eigenvalue weighted by Crippen LogP contribution is -2.13. The quantitative estimate of drug-likeness (QED) is 0.820. The summed E-state index contributed by atoms with van der Waals surface area (Å²) in [5.74, 6) is -0.0185. The van der Waals surface area contributed by atoms with Crippen molar-refractivity contribution in [2.75, 3.05) is 0 Å². The van der Waals surface area contributed by atoms with Crippen molar-refractivity contribution < 1.29 is 4.79 Å². The van der Waals surface area contributed by atoms with Gasteiger partial charge in [-0.15, -0.1) is 0 Å². The molecule has 75 valence electrons. The van der Waals surface area contributed by atoms with Gasteiger partial charge in [0.2, 0.25) is 5.91 Å². The first kappa shape index (κ1) is 8.79. The predicted molar refractivity (Wildman–Crippen MR) is 56.3 cm³/mol. The number of aromatic nitrogens is 2. The van der Waals surface area contributed by atoms with Crippen LogP contribution in [0.25, 0.3) is 10.3 Å². The normalized spacial score (nSPS) is 24.3. The summed E-state index contributed by atoms with van der Waals surface area (Å²) in [5, 5.41) is 0.973. The van der Waals surface area contributed by atoms with E-state index in [9.17, 15) is 4.79 Å². The van der Waals surface area contributed by atoms with Crippen LogP contribution < -0.4 is 5.73 Å². The largest absolute Gasteiger partial charge is 0.369 e. The van der Waals surface area contributed by atoms with E-state index in [1.807, 2.05) is 6.07 Å². The minimum Gasteiger partial charge on any atom is -0.369 e. The molecule has 0 aliphatic heterocycles. The lowest BCUT2D eigenvalue weighted by molar-refractivity contribution is -0.119. The third-order valence-corrected chi connectivity index (χ3v) is 3.70. The summed E-state index contributed by atoms with van der Waals surface area (Å²) in [5.41, 5.74) is 6.11. The summed E-state index contributed by atoms with van der Waals surface area (Å²) in [6, 6.07) is 3.62. The summed E-state index contributed by atoms with van der Waals surface area (Å²) in [7, 11) is 0. The predicted octanol–water partition coefficient (Wildman–Crippen LogP) is 1.08. The molecule has 0 spiro atoms. The Kier molecular flexibility index (Phi) is 1.76. The number of nitrogens with zero attached hydrogens (tertiary/aromatic N) is 2. The monoisotopic (exact) mass is 218 g/mol. The summed E-state index contributed by atoms with van der Waals surface area (Å²) < 4.78 is 0. The molecule has 1 saturated carbocycles. The van der Waals surface area contributed by atoms with Gasteiger partial charge in [0, 0.05) is 11.8 Å². The van der Waals surface area contributed by atoms with Crippen molar-refractivity contribution in [1.82, 2.24) is 9.97 Å². The molecule has 1 aliphatic carbocycles. The van der Waals surface area contributed by atoms with Gasteiger partial charge in [-0.05, 0) is 18.6 Å². The second kappa shape index (κ2) is 3.00. The first-order valence-corrected chi connectivity index (χ1v) is 5.50. The minimum absolute atomic E-state index is 0.0189. The molecule has 1 amide bonds. The molecule has 0 aromatic carbocycles. The van der Waals surface area contributed by atoms with Crippen LogP contribution in [0.1, 0.15) is 17.3 Å². The van der Waals surface area contributed by atoms with E-state index in [0.29, 0.717) is 0 Å². The fraction of sp³-hybridized carbons (Fsp3) is 0.300. The van der Waals surface area contributed by atoms with Gasteiger partial charge in [0.05, 0.1) is 11.2 Å². The van der Waals surface area contributed by atoms with E-state index < -0.39 is 0 Å². The first-order chi connectivity index (χ1) is 7.25. The highest BCUT2D eigenvalue weighted by atomic mass is 32.1. The number of fused-ring (bicyclic) bond motifs is 1. The molecule has 1 radical (unpaired) electrons. The Labute approximate surface area is 90.1 Å². The number of amides is 1. The van der Waals surface area contributed by atoms with Crippen molar-refractivity contribution in [2.24, 2.45) is 11.7 Å². The van der Waals surface area contributed by atoms with Gasteiger partial charge in [-0.1, -0.05) is 11.3 Å². The molecule has 1 aliphatic rings. The maximum atomic E-state index is 10.9. The van der Waals surface area contributed by atoms with Crippen molar-refractivity contribution in [1.29, 1.82) is 0 Å². The summed E-state index contributed by atoms with van der Waals surface area (Å²) in [4.78, 5) is 20.3. The van der Waals surface area contributed by atoms with E-state index >= 15 is 0 Å². The molecule has 2 aromatic heterocycles. The number of thiazole rings is 1. The Morgan fingerprint density at radius 1 is 1.67 bits per heavy atom. The smallest absolute Gasteiger partial charge is 0.221 e. The van der Waals surface area contributed by atoms with Gasteiger partial charge in [-0.25, -0.2) is 9.97 Å². The van der Waals surface area contributed by atoms with E-state index in [1.165, 1.54) is 11.3 Å². The molecule has 1 fully saturated rings. The van der Waals surface area contributed by atoms with Crippen LogP contribution in [0.2, 0.25) is 0 Å². The molecular weight excluding hydrogens is 210 g/mol. The van der Waals surface area contributed by atoms with Crippen molar-refractivity contribution in [3.05, 3.63) is 23.3 Å². The van der Waals surface area contributed by atoms with Gasteiger partial charge in [0.1, 0.15) is 10.3 Å². The first-order valence-electron chi connectivity index (χ1n) is 4.68. The zero-order chi connectivity index (χ0) is 10.4. The van der Waals surface area contributed by atoms with E-state index in [4.69, 9.17) is 5.73 Å². The highest BCUT2D eigenvalue weighted by molar-refractivity contribution is 7.18. The molecule has 2 aromatic rings. The molecule has 2 N–H and O–H groups in total.